The molecule has 1 aliphatic rings. The van der Waals surface area contributed by atoms with E-state index in [1.165, 1.54) is 13.4 Å². The van der Waals surface area contributed by atoms with Gasteiger partial charge in [-0.15, -0.1) is 0 Å². The smallest absolute Gasteiger partial charge is 0.310 e. The fourth-order valence-corrected chi connectivity index (χ4v) is 1.94. The molecular weight excluding hydrogens is 222 g/mol. The second-order valence-corrected chi connectivity index (χ2v) is 3.87. The van der Waals surface area contributed by atoms with Crippen LogP contribution < -0.4 is 9.64 Å². The number of aromatic nitrogens is 2. The molecule has 1 fully saturated rings. The van der Waals surface area contributed by atoms with Gasteiger partial charge in [0.1, 0.15) is 12.1 Å². The van der Waals surface area contributed by atoms with Crippen LogP contribution in [0.3, 0.4) is 0 Å². The average Bonchev–Trinajstić information content (AvgIpc) is 2.87. The third-order valence-electron chi connectivity index (χ3n) is 2.88. The van der Waals surface area contributed by atoms with Crippen LogP contribution in [0.25, 0.3) is 0 Å². The molecule has 1 unspecified atom stereocenters. The van der Waals surface area contributed by atoms with Gasteiger partial charge in [0, 0.05) is 19.2 Å². The minimum absolute atomic E-state index is 0.0686. The standard InChI is InChI=1S/C11H15N3O3/c1-16-10-5-9(12-7-13-10)14-4-3-8(6-14)11(15)17-2/h5,7-8H,3-4,6H2,1-2H3. The molecule has 1 aromatic heterocycles. The molecule has 6 heteroatoms. The second-order valence-electron chi connectivity index (χ2n) is 3.87. The van der Waals surface area contributed by atoms with Gasteiger partial charge in [0.15, 0.2) is 0 Å². The molecule has 0 radical (unpaired) electrons. The predicted octanol–water partition coefficient (Wildman–Crippen LogP) is 0.484. The minimum Gasteiger partial charge on any atom is -0.481 e. The van der Waals surface area contributed by atoms with Crippen molar-refractivity contribution in [3.05, 3.63) is 12.4 Å². The molecule has 1 aliphatic heterocycles. The lowest BCUT2D eigenvalue weighted by Crippen LogP contribution is -2.24. The van der Waals surface area contributed by atoms with Crippen LogP contribution in [-0.2, 0) is 9.53 Å². The molecule has 92 valence electrons. The number of hydrogen-bond acceptors (Lipinski definition) is 6. The van der Waals surface area contributed by atoms with Gasteiger partial charge >= 0.3 is 5.97 Å². The fraction of sp³-hybridized carbons (Fsp3) is 0.545. The van der Waals surface area contributed by atoms with Crippen molar-refractivity contribution in [2.24, 2.45) is 5.92 Å². The summed E-state index contributed by atoms with van der Waals surface area (Å²) < 4.78 is 9.78. The molecule has 2 rings (SSSR count). The number of ether oxygens (including phenoxy) is 2. The van der Waals surface area contributed by atoms with Gasteiger partial charge in [0.2, 0.25) is 5.88 Å². The first-order valence-electron chi connectivity index (χ1n) is 5.43. The lowest BCUT2D eigenvalue weighted by atomic mass is 10.1. The van der Waals surface area contributed by atoms with E-state index in [1.807, 2.05) is 4.90 Å². The molecule has 0 spiro atoms. The van der Waals surface area contributed by atoms with Crippen molar-refractivity contribution in [1.29, 1.82) is 0 Å². The Bertz CT molecular complexity index is 411. The molecule has 0 aliphatic carbocycles. The quantitative estimate of drug-likeness (QED) is 0.713. The number of rotatable bonds is 3. The zero-order valence-corrected chi connectivity index (χ0v) is 9.92. The van der Waals surface area contributed by atoms with E-state index in [4.69, 9.17) is 9.47 Å². The molecule has 0 saturated carbocycles. The van der Waals surface area contributed by atoms with Crippen LogP contribution in [0.1, 0.15) is 6.42 Å². The Balaban J connectivity index is 2.07. The van der Waals surface area contributed by atoms with Crippen LogP contribution >= 0.6 is 0 Å². The Hall–Kier alpha value is -1.85. The minimum atomic E-state index is -0.159. The highest BCUT2D eigenvalue weighted by atomic mass is 16.5. The Morgan fingerprint density at radius 2 is 2.29 bits per heavy atom. The van der Waals surface area contributed by atoms with Gasteiger partial charge in [0.25, 0.3) is 0 Å². The van der Waals surface area contributed by atoms with Gasteiger partial charge in [-0.25, -0.2) is 9.97 Å². The fourth-order valence-electron chi connectivity index (χ4n) is 1.94. The zero-order valence-electron chi connectivity index (χ0n) is 9.92. The van der Waals surface area contributed by atoms with Crippen molar-refractivity contribution in [3.63, 3.8) is 0 Å². The summed E-state index contributed by atoms with van der Waals surface area (Å²) in [6.45, 7) is 1.42. The number of carbonyl (C=O) groups is 1. The molecule has 6 nitrogen and oxygen atoms in total. The van der Waals surface area contributed by atoms with Gasteiger partial charge in [0.05, 0.1) is 20.1 Å². The number of esters is 1. The normalized spacial score (nSPS) is 19.2. The maximum atomic E-state index is 11.4. The highest BCUT2D eigenvalue weighted by Crippen LogP contribution is 2.24. The van der Waals surface area contributed by atoms with Crippen LogP contribution in [0.5, 0.6) is 5.88 Å². The third kappa shape index (κ3) is 2.46. The first-order chi connectivity index (χ1) is 8.24. The highest BCUT2D eigenvalue weighted by molar-refractivity contribution is 5.74. The molecule has 0 N–H and O–H groups in total. The van der Waals surface area contributed by atoms with E-state index in [1.54, 1.807) is 13.2 Å². The maximum Gasteiger partial charge on any atom is 0.310 e. The molecule has 2 heterocycles. The Morgan fingerprint density at radius 3 is 3.00 bits per heavy atom. The van der Waals surface area contributed by atoms with Crippen LogP contribution in [0.4, 0.5) is 5.82 Å². The Kier molecular flexibility index (Phi) is 3.41. The first-order valence-corrected chi connectivity index (χ1v) is 5.43. The topological polar surface area (TPSA) is 64.5 Å². The van der Waals surface area contributed by atoms with Gasteiger partial charge < -0.3 is 14.4 Å². The summed E-state index contributed by atoms with van der Waals surface area (Å²) in [6.07, 6.45) is 2.25. The Morgan fingerprint density at radius 1 is 1.47 bits per heavy atom. The van der Waals surface area contributed by atoms with Crippen molar-refractivity contribution in [1.82, 2.24) is 9.97 Å². The van der Waals surface area contributed by atoms with Crippen LogP contribution in [0.2, 0.25) is 0 Å². The molecule has 0 aromatic carbocycles. The number of nitrogens with zero attached hydrogens (tertiary/aromatic N) is 3. The SMILES string of the molecule is COC(=O)C1CCN(c2cc(OC)ncn2)C1. The largest absolute Gasteiger partial charge is 0.481 e. The number of methoxy groups -OCH3 is 2. The summed E-state index contributed by atoms with van der Waals surface area (Å²) in [4.78, 5) is 21.6. The molecule has 1 atom stereocenters. The summed E-state index contributed by atoms with van der Waals surface area (Å²) in [5.41, 5.74) is 0. The van der Waals surface area contributed by atoms with Crippen LogP contribution in [0.15, 0.2) is 12.4 Å². The van der Waals surface area contributed by atoms with E-state index in [2.05, 4.69) is 9.97 Å². The molecule has 0 amide bonds. The van der Waals surface area contributed by atoms with Crippen molar-refractivity contribution in [2.45, 2.75) is 6.42 Å². The first kappa shape index (κ1) is 11.6. The van der Waals surface area contributed by atoms with E-state index in [-0.39, 0.29) is 11.9 Å². The van der Waals surface area contributed by atoms with Gasteiger partial charge in [-0.05, 0) is 6.42 Å². The van der Waals surface area contributed by atoms with E-state index in [0.29, 0.717) is 12.4 Å². The van der Waals surface area contributed by atoms with Gasteiger partial charge in [-0.1, -0.05) is 0 Å². The van der Waals surface area contributed by atoms with Gasteiger partial charge in [-0.3, -0.25) is 4.79 Å². The van der Waals surface area contributed by atoms with E-state index >= 15 is 0 Å². The number of carbonyl (C=O) groups excluding carboxylic acids is 1. The molecule has 0 bridgehead atoms. The molecule has 1 saturated heterocycles. The zero-order chi connectivity index (χ0) is 12.3. The highest BCUT2D eigenvalue weighted by Gasteiger charge is 2.29. The van der Waals surface area contributed by atoms with Crippen LogP contribution in [-0.4, -0.2) is 43.2 Å². The summed E-state index contributed by atoms with van der Waals surface area (Å²) in [5, 5.41) is 0. The monoisotopic (exact) mass is 237 g/mol. The van der Waals surface area contributed by atoms with Crippen molar-refractivity contribution in [2.75, 3.05) is 32.2 Å². The van der Waals surface area contributed by atoms with Crippen LogP contribution in [0, 0.1) is 5.92 Å². The third-order valence-corrected chi connectivity index (χ3v) is 2.88. The average molecular weight is 237 g/mol. The predicted molar refractivity (Wildman–Crippen MR) is 60.9 cm³/mol. The van der Waals surface area contributed by atoms with E-state index in [0.717, 1.165) is 18.8 Å². The van der Waals surface area contributed by atoms with E-state index < -0.39 is 0 Å². The second kappa shape index (κ2) is 4.99. The van der Waals surface area contributed by atoms with Crippen molar-refractivity contribution < 1.29 is 14.3 Å². The lowest BCUT2D eigenvalue weighted by molar-refractivity contribution is -0.144. The number of hydrogen-bond donors (Lipinski definition) is 0. The number of anilines is 1. The molecule has 1 aromatic rings. The summed E-state index contributed by atoms with van der Waals surface area (Å²) >= 11 is 0. The maximum absolute atomic E-state index is 11.4. The summed E-state index contributed by atoms with van der Waals surface area (Å²) in [5.74, 6) is 1.08. The molecular formula is C11H15N3O3. The van der Waals surface area contributed by atoms with Crippen molar-refractivity contribution >= 4 is 11.8 Å². The van der Waals surface area contributed by atoms with Gasteiger partial charge in [-0.2, -0.15) is 0 Å². The summed E-state index contributed by atoms with van der Waals surface area (Å²) in [7, 11) is 2.98. The Labute approximate surface area is 99.6 Å². The molecule has 17 heavy (non-hydrogen) atoms. The lowest BCUT2D eigenvalue weighted by Gasteiger charge is -2.16. The van der Waals surface area contributed by atoms with Crippen molar-refractivity contribution in [3.8, 4) is 5.88 Å². The van der Waals surface area contributed by atoms with E-state index in [9.17, 15) is 4.79 Å². The summed E-state index contributed by atoms with van der Waals surface area (Å²) in [6, 6.07) is 1.76.